The largest absolute Gasteiger partial charge is 0.303 e. The average molecular weight is 327 g/mol. The molecule has 0 unspecified atom stereocenters. The quantitative estimate of drug-likeness (QED) is 0.517. The number of ketones is 1. The van der Waals surface area contributed by atoms with E-state index in [2.05, 4.69) is 11.3 Å². The van der Waals surface area contributed by atoms with E-state index in [1.54, 1.807) is 18.2 Å². The van der Waals surface area contributed by atoms with Gasteiger partial charge in [-0.15, -0.1) is 0 Å². The van der Waals surface area contributed by atoms with Gasteiger partial charge in [0, 0.05) is 17.0 Å². The number of Topliss-reactive ketones (excluding diaryl/α,β-unsaturated/α-hetero) is 1. The summed E-state index contributed by atoms with van der Waals surface area (Å²) < 4.78 is 0. The van der Waals surface area contributed by atoms with Crippen molar-refractivity contribution < 1.29 is 4.79 Å². The molecule has 1 saturated heterocycles. The molecule has 1 aromatic rings. The van der Waals surface area contributed by atoms with Crippen LogP contribution < -0.4 is 0 Å². The van der Waals surface area contributed by atoms with Gasteiger partial charge in [0.15, 0.2) is 5.78 Å². The third-order valence-electron chi connectivity index (χ3n) is 3.91. The Balaban J connectivity index is 1.64. The Labute approximate surface area is 137 Å². The topological polar surface area (TPSA) is 20.3 Å². The van der Waals surface area contributed by atoms with Crippen LogP contribution in [0.1, 0.15) is 48.9 Å². The Kier molecular flexibility index (Phi) is 7.01. The van der Waals surface area contributed by atoms with E-state index in [4.69, 9.17) is 23.2 Å². The highest BCUT2D eigenvalue weighted by atomic mass is 35.5. The molecule has 0 aromatic heterocycles. The van der Waals surface area contributed by atoms with Crippen LogP contribution >= 0.6 is 23.2 Å². The van der Waals surface area contributed by atoms with Gasteiger partial charge in [0.2, 0.25) is 0 Å². The lowest BCUT2D eigenvalue weighted by Gasteiger charge is -2.26. The highest BCUT2D eigenvalue weighted by Crippen LogP contribution is 2.22. The van der Waals surface area contributed by atoms with E-state index in [-0.39, 0.29) is 5.78 Å². The van der Waals surface area contributed by atoms with Gasteiger partial charge in [-0.3, -0.25) is 4.79 Å². The monoisotopic (exact) mass is 326 g/mol. The second-order valence-electron chi connectivity index (χ2n) is 5.57. The maximum Gasteiger partial charge on any atom is 0.164 e. The fourth-order valence-corrected chi connectivity index (χ4v) is 3.19. The number of nitrogens with zero attached hydrogens (tertiary/aromatic N) is 1. The minimum absolute atomic E-state index is 0.115. The summed E-state index contributed by atoms with van der Waals surface area (Å²) in [5, 5.41) is 1.02. The Bertz CT molecular complexity index is 470. The number of hydrogen-bond acceptors (Lipinski definition) is 2. The van der Waals surface area contributed by atoms with Crippen molar-refractivity contribution in [2.75, 3.05) is 19.6 Å². The molecule has 0 spiro atoms. The minimum Gasteiger partial charge on any atom is -0.303 e. The Morgan fingerprint density at radius 1 is 1.10 bits per heavy atom. The zero-order chi connectivity index (χ0) is 15.1. The molecule has 0 N–H and O–H groups in total. The Morgan fingerprint density at radius 2 is 1.86 bits per heavy atom. The van der Waals surface area contributed by atoms with E-state index in [0.29, 0.717) is 22.0 Å². The van der Waals surface area contributed by atoms with Crippen LogP contribution in [0.2, 0.25) is 10.0 Å². The van der Waals surface area contributed by atoms with E-state index >= 15 is 0 Å². The van der Waals surface area contributed by atoms with Gasteiger partial charge >= 0.3 is 0 Å². The molecule has 0 aliphatic carbocycles. The molecule has 1 aliphatic rings. The van der Waals surface area contributed by atoms with Gasteiger partial charge in [-0.2, -0.15) is 0 Å². The van der Waals surface area contributed by atoms with Crippen LogP contribution in [0.5, 0.6) is 0 Å². The van der Waals surface area contributed by atoms with E-state index in [0.717, 1.165) is 19.4 Å². The summed E-state index contributed by atoms with van der Waals surface area (Å²) in [6, 6.07) is 5.06. The third kappa shape index (κ3) is 5.61. The van der Waals surface area contributed by atoms with Gasteiger partial charge in [-0.25, -0.2) is 0 Å². The summed E-state index contributed by atoms with van der Waals surface area (Å²) in [4.78, 5) is 14.6. The lowest BCUT2D eigenvalue weighted by molar-refractivity contribution is 0.0979. The number of hydrogen-bond donors (Lipinski definition) is 0. The molecule has 0 amide bonds. The second kappa shape index (κ2) is 8.77. The van der Waals surface area contributed by atoms with Crippen molar-refractivity contribution in [3.63, 3.8) is 0 Å². The molecule has 1 heterocycles. The van der Waals surface area contributed by atoms with E-state index < -0.39 is 0 Å². The van der Waals surface area contributed by atoms with E-state index in [1.807, 2.05) is 0 Å². The van der Waals surface area contributed by atoms with Crippen LogP contribution in [0, 0.1) is 6.42 Å². The van der Waals surface area contributed by atoms with Crippen molar-refractivity contribution in [2.45, 2.75) is 38.5 Å². The Morgan fingerprint density at radius 3 is 2.57 bits per heavy atom. The minimum atomic E-state index is 0.115. The number of rotatable bonds is 7. The first-order valence-electron chi connectivity index (χ1n) is 7.69. The fraction of sp³-hybridized carbons (Fsp3) is 0.529. The third-order valence-corrected chi connectivity index (χ3v) is 4.46. The van der Waals surface area contributed by atoms with Gasteiger partial charge in [0.1, 0.15) is 0 Å². The van der Waals surface area contributed by atoms with E-state index in [9.17, 15) is 4.79 Å². The zero-order valence-electron chi connectivity index (χ0n) is 12.3. The zero-order valence-corrected chi connectivity index (χ0v) is 13.8. The molecule has 0 saturated carbocycles. The molecule has 0 atom stereocenters. The van der Waals surface area contributed by atoms with Gasteiger partial charge in [0.05, 0.1) is 5.02 Å². The summed E-state index contributed by atoms with van der Waals surface area (Å²) >= 11 is 11.9. The van der Waals surface area contributed by atoms with Crippen molar-refractivity contribution in [1.29, 1.82) is 0 Å². The maximum absolute atomic E-state index is 12.1. The Hall–Kier alpha value is -0.570. The molecule has 1 radical (unpaired) electrons. The van der Waals surface area contributed by atoms with Gasteiger partial charge < -0.3 is 4.90 Å². The molecule has 21 heavy (non-hydrogen) atoms. The summed E-state index contributed by atoms with van der Waals surface area (Å²) in [6.07, 6.45) is 8.55. The number of halogens is 2. The first-order chi connectivity index (χ1) is 10.2. The molecule has 1 aromatic carbocycles. The summed E-state index contributed by atoms with van der Waals surface area (Å²) in [5.41, 5.74) is 0.590. The molecule has 1 aliphatic heterocycles. The maximum atomic E-state index is 12.1. The van der Waals surface area contributed by atoms with Crippen LogP contribution in [0.15, 0.2) is 18.2 Å². The van der Waals surface area contributed by atoms with Gasteiger partial charge in [-0.05, 0) is 69.9 Å². The molecule has 2 nitrogen and oxygen atoms in total. The lowest BCUT2D eigenvalue weighted by Crippen LogP contribution is -2.30. The lowest BCUT2D eigenvalue weighted by atomic mass is 10.0. The van der Waals surface area contributed by atoms with Gasteiger partial charge in [-0.1, -0.05) is 29.6 Å². The van der Waals surface area contributed by atoms with Crippen molar-refractivity contribution >= 4 is 29.0 Å². The van der Waals surface area contributed by atoms with Crippen LogP contribution in [0.4, 0.5) is 0 Å². The van der Waals surface area contributed by atoms with Crippen LogP contribution in [0.25, 0.3) is 0 Å². The first kappa shape index (κ1) is 16.8. The number of piperidine rings is 1. The van der Waals surface area contributed by atoms with Crippen LogP contribution in [0.3, 0.4) is 0 Å². The number of carbonyl (C=O) groups is 1. The number of carbonyl (C=O) groups excluding carboxylic acids is 1. The van der Waals surface area contributed by atoms with Crippen LogP contribution in [-0.4, -0.2) is 30.3 Å². The summed E-state index contributed by atoms with van der Waals surface area (Å²) in [7, 11) is 0. The van der Waals surface area contributed by atoms with Crippen LogP contribution in [-0.2, 0) is 0 Å². The second-order valence-corrected chi connectivity index (χ2v) is 6.41. The predicted molar refractivity (Wildman–Crippen MR) is 89.2 cm³/mol. The van der Waals surface area contributed by atoms with E-state index in [1.165, 1.54) is 32.4 Å². The molecule has 4 heteroatoms. The van der Waals surface area contributed by atoms with Crippen molar-refractivity contribution in [3.05, 3.63) is 40.2 Å². The van der Waals surface area contributed by atoms with Crippen molar-refractivity contribution in [1.82, 2.24) is 4.90 Å². The van der Waals surface area contributed by atoms with Gasteiger partial charge in [0.25, 0.3) is 0 Å². The average Bonchev–Trinajstić information content (AvgIpc) is 2.47. The number of benzene rings is 1. The highest BCUT2D eigenvalue weighted by molar-refractivity contribution is 6.36. The molecule has 115 valence electrons. The summed E-state index contributed by atoms with van der Waals surface area (Å²) in [5.74, 6) is 0.115. The standard InChI is InChI=1S/C17H22Cl2NO/c18-14-8-9-15(16(19)13-14)17(21)7-3-1-4-10-20-11-5-2-6-12-20/h2,8-9,13H,1,3-7,10-12H2. The smallest absolute Gasteiger partial charge is 0.164 e. The molecule has 0 bridgehead atoms. The molecular formula is C17H22Cl2NO. The number of likely N-dealkylation sites (tertiary alicyclic amines) is 1. The fourth-order valence-electron chi connectivity index (χ4n) is 2.68. The van der Waals surface area contributed by atoms with Crippen molar-refractivity contribution in [3.8, 4) is 0 Å². The normalized spacial score (nSPS) is 16.1. The molecule has 1 fully saturated rings. The molecule has 2 rings (SSSR count). The SMILES string of the molecule is O=C(CCCCCN1CC[CH]CC1)c1ccc(Cl)cc1Cl. The van der Waals surface area contributed by atoms with Crippen molar-refractivity contribution in [2.24, 2.45) is 0 Å². The summed E-state index contributed by atoms with van der Waals surface area (Å²) in [6.45, 7) is 3.54. The first-order valence-corrected chi connectivity index (χ1v) is 8.44. The predicted octanol–water partition coefficient (Wildman–Crippen LogP) is 5.04. The highest BCUT2D eigenvalue weighted by Gasteiger charge is 2.11. The number of unbranched alkanes of at least 4 members (excludes halogenated alkanes) is 2. The molecular weight excluding hydrogens is 305 g/mol.